The fourth-order valence-electron chi connectivity index (χ4n) is 2.74. The first-order chi connectivity index (χ1) is 7.35. The highest BCUT2D eigenvalue weighted by atomic mass is 31.2. The summed E-state index contributed by atoms with van der Waals surface area (Å²) in [6.45, 7) is 2.42. The van der Waals surface area contributed by atoms with E-state index in [1.54, 1.807) is 17.9 Å². The minimum Gasteiger partial charge on any atom is -0.0622 e. The largest absolute Gasteiger partial charge is 0.0842 e. The van der Waals surface area contributed by atoms with Crippen molar-refractivity contribution in [2.45, 2.75) is 32.3 Å². The molecule has 0 nitrogen and oxygen atoms in total. The molecular formula is C14H22P+. The van der Waals surface area contributed by atoms with Crippen molar-refractivity contribution in [1.82, 2.24) is 0 Å². The molecule has 0 bridgehead atoms. The average molecular weight is 221 g/mol. The maximum atomic E-state index is 2.42. The molecule has 0 unspecified atom stereocenters. The molecule has 0 amide bonds. The van der Waals surface area contributed by atoms with Gasteiger partial charge in [-0.2, -0.15) is 0 Å². The third kappa shape index (κ3) is 2.82. The molecule has 2 rings (SSSR count). The predicted molar refractivity (Wildman–Crippen MR) is 71.2 cm³/mol. The molecule has 0 N–H and O–H groups in total. The van der Waals surface area contributed by atoms with Crippen LogP contribution in [-0.4, -0.2) is 18.5 Å². The average Bonchev–Trinajstić information content (AvgIpc) is 2.32. The smallest absolute Gasteiger partial charge is 0.0622 e. The SMILES string of the molecule is CC[P+]1(Cc2ccccc2)CCCCC1. The van der Waals surface area contributed by atoms with Gasteiger partial charge in [0.1, 0.15) is 0 Å². The first-order valence-corrected chi connectivity index (χ1v) is 8.77. The molecule has 1 aliphatic heterocycles. The van der Waals surface area contributed by atoms with Crippen molar-refractivity contribution in [3.05, 3.63) is 35.9 Å². The van der Waals surface area contributed by atoms with Crippen molar-refractivity contribution >= 4 is 7.26 Å². The maximum absolute atomic E-state index is 2.42. The molecule has 0 saturated carbocycles. The summed E-state index contributed by atoms with van der Waals surface area (Å²) in [5, 5.41) is 0. The number of benzene rings is 1. The molecule has 1 saturated heterocycles. The lowest BCUT2D eigenvalue weighted by atomic mass is 10.2. The second-order valence-corrected chi connectivity index (χ2v) is 9.34. The van der Waals surface area contributed by atoms with Gasteiger partial charge in [0.25, 0.3) is 0 Å². The van der Waals surface area contributed by atoms with Crippen molar-refractivity contribution in [1.29, 1.82) is 0 Å². The Kier molecular flexibility index (Phi) is 3.81. The monoisotopic (exact) mass is 221 g/mol. The van der Waals surface area contributed by atoms with E-state index in [4.69, 9.17) is 0 Å². The van der Waals surface area contributed by atoms with E-state index in [-0.39, 0.29) is 0 Å². The zero-order chi connectivity index (χ0) is 10.6. The van der Waals surface area contributed by atoms with Crippen LogP contribution in [0.5, 0.6) is 0 Å². The summed E-state index contributed by atoms with van der Waals surface area (Å²) < 4.78 is 0. The fourth-order valence-corrected chi connectivity index (χ4v) is 6.91. The van der Waals surface area contributed by atoms with E-state index in [0.717, 1.165) is 0 Å². The quantitative estimate of drug-likeness (QED) is 0.663. The Balaban J connectivity index is 2.07. The van der Waals surface area contributed by atoms with Crippen LogP contribution in [0.2, 0.25) is 0 Å². The Bertz CT molecular complexity index is 285. The Labute approximate surface area is 94.4 Å². The van der Waals surface area contributed by atoms with Crippen LogP contribution in [0.4, 0.5) is 0 Å². The summed E-state index contributed by atoms with van der Waals surface area (Å²) >= 11 is 0. The lowest BCUT2D eigenvalue weighted by Crippen LogP contribution is -2.14. The zero-order valence-electron chi connectivity index (χ0n) is 9.78. The third-order valence-electron chi connectivity index (χ3n) is 3.80. The fraction of sp³-hybridized carbons (Fsp3) is 0.571. The van der Waals surface area contributed by atoms with Crippen LogP contribution in [0.3, 0.4) is 0 Å². The minimum absolute atomic E-state index is 0.593. The van der Waals surface area contributed by atoms with E-state index in [2.05, 4.69) is 37.3 Å². The standard InChI is InChI=1S/C14H22P/c1-2-15(11-7-4-8-12-15)13-14-9-5-3-6-10-14/h3,5-6,9-10H,2,4,7-8,11-13H2,1H3/q+1. The molecule has 1 fully saturated rings. The zero-order valence-corrected chi connectivity index (χ0v) is 10.7. The molecule has 82 valence electrons. The lowest BCUT2D eigenvalue weighted by Gasteiger charge is -2.30. The molecule has 1 aromatic rings. The highest BCUT2D eigenvalue weighted by Crippen LogP contribution is 2.64. The van der Waals surface area contributed by atoms with Gasteiger partial charge in [0.2, 0.25) is 0 Å². The summed E-state index contributed by atoms with van der Waals surface area (Å²) in [6.07, 6.45) is 10.4. The van der Waals surface area contributed by atoms with Crippen molar-refractivity contribution in [2.24, 2.45) is 0 Å². The van der Waals surface area contributed by atoms with Gasteiger partial charge < -0.3 is 0 Å². The molecular weight excluding hydrogens is 199 g/mol. The molecule has 0 radical (unpaired) electrons. The topological polar surface area (TPSA) is 0 Å². The Morgan fingerprint density at radius 1 is 1.00 bits per heavy atom. The van der Waals surface area contributed by atoms with Gasteiger partial charge in [-0.05, 0) is 31.7 Å². The Morgan fingerprint density at radius 2 is 1.67 bits per heavy atom. The van der Waals surface area contributed by atoms with E-state index in [0.29, 0.717) is 0 Å². The summed E-state index contributed by atoms with van der Waals surface area (Å²) in [4.78, 5) is 0. The van der Waals surface area contributed by atoms with Crippen molar-refractivity contribution < 1.29 is 0 Å². The van der Waals surface area contributed by atoms with Crippen LogP contribution in [-0.2, 0) is 6.16 Å². The Hall–Kier alpha value is -0.350. The van der Waals surface area contributed by atoms with Crippen LogP contribution < -0.4 is 0 Å². The maximum Gasteiger partial charge on any atom is 0.0842 e. The molecule has 1 heteroatoms. The van der Waals surface area contributed by atoms with Gasteiger partial charge in [-0.15, -0.1) is 0 Å². The normalized spacial score (nSPS) is 20.1. The molecule has 1 aliphatic rings. The summed E-state index contributed by atoms with van der Waals surface area (Å²) in [5.41, 5.74) is 1.58. The van der Waals surface area contributed by atoms with Crippen LogP contribution in [0.15, 0.2) is 30.3 Å². The second-order valence-electron chi connectivity index (χ2n) is 4.81. The van der Waals surface area contributed by atoms with Gasteiger partial charge in [-0.25, -0.2) is 0 Å². The van der Waals surface area contributed by atoms with Gasteiger partial charge in [-0.1, -0.05) is 30.3 Å². The van der Waals surface area contributed by atoms with Gasteiger partial charge in [0.15, 0.2) is 0 Å². The first kappa shape index (κ1) is 11.1. The summed E-state index contributed by atoms with van der Waals surface area (Å²) in [5.74, 6) is 0. The molecule has 1 heterocycles. The van der Waals surface area contributed by atoms with E-state index >= 15 is 0 Å². The molecule has 0 aliphatic carbocycles. The summed E-state index contributed by atoms with van der Waals surface area (Å²) in [6, 6.07) is 11.1. The van der Waals surface area contributed by atoms with Crippen molar-refractivity contribution in [3.63, 3.8) is 0 Å². The van der Waals surface area contributed by atoms with Gasteiger partial charge >= 0.3 is 0 Å². The number of hydrogen-bond acceptors (Lipinski definition) is 0. The van der Waals surface area contributed by atoms with Crippen LogP contribution in [0, 0.1) is 0 Å². The van der Waals surface area contributed by atoms with Crippen LogP contribution >= 0.6 is 7.26 Å². The van der Waals surface area contributed by atoms with Gasteiger partial charge in [0, 0.05) is 7.26 Å². The van der Waals surface area contributed by atoms with Crippen LogP contribution in [0.1, 0.15) is 31.7 Å². The minimum atomic E-state index is -0.593. The Morgan fingerprint density at radius 3 is 2.27 bits per heavy atom. The highest BCUT2D eigenvalue weighted by Gasteiger charge is 2.36. The van der Waals surface area contributed by atoms with Crippen molar-refractivity contribution in [3.8, 4) is 0 Å². The second kappa shape index (κ2) is 5.12. The van der Waals surface area contributed by atoms with Crippen molar-refractivity contribution in [2.75, 3.05) is 18.5 Å². The van der Waals surface area contributed by atoms with E-state index in [9.17, 15) is 0 Å². The molecule has 0 atom stereocenters. The number of hydrogen-bond donors (Lipinski definition) is 0. The summed E-state index contributed by atoms with van der Waals surface area (Å²) in [7, 11) is -0.593. The molecule has 0 spiro atoms. The third-order valence-corrected chi connectivity index (χ3v) is 8.70. The van der Waals surface area contributed by atoms with E-state index in [1.165, 1.54) is 31.6 Å². The highest BCUT2D eigenvalue weighted by molar-refractivity contribution is 7.75. The van der Waals surface area contributed by atoms with Gasteiger partial charge in [0.05, 0.1) is 24.6 Å². The van der Waals surface area contributed by atoms with Crippen LogP contribution in [0.25, 0.3) is 0 Å². The van der Waals surface area contributed by atoms with Gasteiger partial charge in [-0.3, -0.25) is 0 Å². The number of rotatable bonds is 3. The molecule has 15 heavy (non-hydrogen) atoms. The predicted octanol–water partition coefficient (Wildman–Crippen LogP) is 4.41. The molecule has 0 aromatic heterocycles. The van der Waals surface area contributed by atoms with E-state index < -0.39 is 7.26 Å². The first-order valence-electron chi connectivity index (χ1n) is 6.24. The molecule has 1 aromatic carbocycles. The lowest BCUT2D eigenvalue weighted by molar-refractivity contribution is 0.741. The van der Waals surface area contributed by atoms with E-state index in [1.807, 2.05) is 0 Å².